The van der Waals surface area contributed by atoms with Gasteiger partial charge >= 0.3 is 0 Å². The molecule has 0 bridgehead atoms. The van der Waals surface area contributed by atoms with Crippen molar-refractivity contribution < 1.29 is 4.79 Å². The number of hydrogen-bond acceptors (Lipinski definition) is 5. The molecule has 0 spiro atoms. The molecule has 1 amide bonds. The molecule has 0 radical (unpaired) electrons. The molecule has 0 unspecified atom stereocenters. The molecule has 1 aliphatic carbocycles. The largest absolute Gasteiger partial charge is 0.349 e. The van der Waals surface area contributed by atoms with Crippen molar-refractivity contribution >= 4 is 5.91 Å². The van der Waals surface area contributed by atoms with Gasteiger partial charge < -0.3 is 14.8 Å². The van der Waals surface area contributed by atoms with Crippen LogP contribution in [0.2, 0.25) is 0 Å². The van der Waals surface area contributed by atoms with E-state index < -0.39 is 0 Å². The molecule has 142 valence electrons. The van der Waals surface area contributed by atoms with Crippen molar-refractivity contribution in [1.82, 2.24) is 34.8 Å². The maximum absolute atomic E-state index is 12.7. The Morgan fingerprint density at radius 2 is 1.96 bits per heavy atom. The third-order valence-electron chi connectivity index (χ3n) is 5.20. The van der Waals surface area contributed by atoms with Crippen LogP contribution in [0.4, 0.5) is 0 Å². The van der Waals surface area contributed by atoms with Crippen molar-refractivity contribution in [2.75, 3.05) is 14.1 Å². The van der Waals surface area contributed by atoms with Gasteiger partial charge in [0.2, 0.25) is 0 Å². The van der Waals surface area contributed by atoms with Gasteiger partial charge in [-0.1, -0.05) is 0 Å². The van der Waals surface area contributed by atoms with Gasteiger partial charge in [-0.15, -0.1) is 10.2 Å². The zero-order valence-electron chi connectivity index (χ0n) is 16.6. The first-order valence-corrected chi connectivity index (χ1v) is 9.19. The van der Waals surface area contributed by atoms with Crippen LogP contribution in [0.5, 0.6) is 0 Å². The summed E-state index contributed by atoms with van der Waals surface area (Å²) in [6.45, 7) is 7.42. The minimum Gasteiger partial charge on any atom is -0.349 e. The SMILES string of the molecule is CCn1nc(C)c(C(=O)NC2CC(c3nnc(CN(C)C)n3C)C2)c1C. The number of rotatable bonds is 6. The fourth-order valence-electron chi connectivity index (χ4n) is 3.69. The van der Waals surface area contributed by atoms with Gasteiger partial charge in [0.1, 0.15) is 11.6 Å². The van der Waals surface area contributed by atoms with E-state index in [9.17, 15) is 4.79 Å². The molecule has 0 aromatic carbocycles. The number of aromatic nitrogens is 5. The van der Waals surface area contributed by atoms with Gasteiger partial charge in [-0.3, -0.25) is 9.48 Å². The first kappa shape index (κ1) is 18.6. The Labute approximate surface area is 154 Å². The number of nitrogens with one attached hydrogen (secondary N) is 1. The number of carbonyl (C=O) groups excluding carboxylic acids is 1. The molecule has 8 nitrogen and oxygen atoms in total. The molecular weight excluding hydrogens is 330 g/mol. The molecule has 1 N–H and O–H groups in total. The second kappa shape index (κ2) is 7.19. The van der Waals surface area contributed by atoms with Gasteiger partial charge in [0.25, 0.3) is 5.91 Å². The van der Waals surface area contributed by atoms with Gasteiger partial charge in [0.05, 0.1) is 17.8 Å². The van der Waals surface area contributed by atoms with Crippen LogP contribution in [0.15, 0.2) is 0 Å². The van der Waals surface area contributed by atoms with E-state index in [4.69, 9.17) is 0 Å². The fourth-order valence-corrected chi connectivity index (χ4v) is 3.69. The summed E-state index contributed by atoms with van der Waals surface area (Å²) >= 11 is 0. The van der Waals surface area contributed by atoms with E-state index in [1.807, 2.05) is 46.6 Å². The molecule has 0 saturated heterocycles. The van der Waals surface area contributed by atoms with Crippen LogP contribution in [0, 0.1) is 13.8 Å². The molecule has 8 heteroatoms. The van der Waals surface area contributed by atoms with E-state index in [1.165, 1.54) is 0 Å². The standard InChI is InChI=1S/C18H29N7O/c1-7-25-12(3)16(11(2)22-25)18(26)19-14-8-13(9-14)17-21-20-15(24(17)6)10-23(4)5/h13-14H,7-10H2,1-6H3,(H,19,26). The summed E-state index contributed by atoms with van der Waals surface area (Å²) in [5.41, 5.74) is 2.43. The molecule has 2 aromatic rings. The maximum atomic E-state index is 12.7. The number of hydrogen-bond donors (Lipinski definition) is 1. The molecule has 26 heavy (non-hydrogen) atoms. The Hall–Kier alpha value is -2.22. The number of nitrogens with zero attached hydrogens (tertiary/aromatic N) is 6. The molecule has 3 rings (SSSR count). The van der Waals surface area contributed by atoms with Gasteiger partial charge in [-0.05, 0) is 47.7 Å². The highest BCUT2D eigenvalue weighted by molar-refractivity contribution is 5.96. The highest BCUT2D eigenvalue weighted by Gasteiger charge is 2.35. The van der Waals surface area contributed by atoms with Gasteiger partial charge in [-0.25, -0.2) is 0 Å². The summed E-state index contributed by atoms with van der Waals surface area (Å²) < 4.78 is 3.96. The quantitative estimate of drug-likeness (QED) is 0.843. The summed E-state index contributed by atoms with van der Waals surface area (Å²) in [6, 6.07) is 0.185. The molecule has 1 aliphatic rings. The first-order chi connectivity index (χ1) is 12.3. The van der Waals surface area contributed by atoms with E-state index in [2.05, 4.69) is 30.1 Å². The van der Waals surface area contributed by atoms with Crippen LogP contribution in [-0.2, 0) is 20.1 Å². The van der Waals surface area contributed by atoms with E-state index in [-0.39, 0.29) is 11.9 Å². The van der Waals surface area contributed by atoms with Gasteiger partial charge in [0.15, 0.2) is 0 Å². The minimum absolute atomic E-state index is 0.0191. The van der Waals surface area contributed by atoms with Crippen LogP contribution in [0.3, 0.4) is 0 Å². The smallest absolute Gasteiger partial charge is 0.255 e. The summed E-state index contributed by atoms with van der Waals surface area (Å²) in [5, 5.41) is 16.2. The van der Waals surface area contributed by atoms with Crippen molar-refractivity contribution in [3.05, 3.63) is 28.6 Å². The van der Waals surface area contributed by atoms with E-state index in [0.29, 0.717) is 11.5 Å². The lowest BCUT2D eigenvalue weighted by Crippen LogP contribution is -2.44. The highest BCUT2D eigenvalue weighted by Crippen LogP contribution is 2.36. The Balaban J connectivity index is 1.60. The topological polar surface area (TPSA) is 80.9 Å². The number of amides is 1. The van der Waals surface area contributed by atoms with E-state index >= 15 is 0 Å². The average molecular weight is 359 g/mol. The van der Waals surface area contributed by atoms with E-state index in [1.54, 1.807) is 0 Å². The molecule has 0 aliphatic heterocycles. The third-order valence-corrected chi connectivity index (χ3v) is 5.20. The van der Waals surface area contributed by atoms with Crippen molar-refractivity contribution in [2.45, 2.75) is 58.7 Å². The lowest BCUT2D eigenvalue weighted by molar-refractivity contribution is 0.0905. The fraction of sp³-hybridized carbons (Fsp3) is 0.667. The molecule has 1 fully saturated rings. The van der Waals surface area contributed by atoms with Crippen molar-refractivity contribution in [3.63, 3.8) is 0 Å². The summed E-state index contributed by atoms with van der Waals surface area (Å²) in [4.78, 5) is 14.7. The Morgan fingerprint density at radius 1 is 1.27 bits per heavy atom. The highest BCUT2D eigenvalue weighted by atomic mass is 16.1. The van der Waals surface area contributed by atoms with Crippen molar-refractivity contribution in [2.24, 2.45) is 7.05 Å². The second-order valence-electron chi connectivity index (χ2n) is 7.47. The monoisotopic (exact) mass is 359 g/mol. The molecule has 2 aromatic heterocycles. The summed E-state index contributed by atoms with van der Waals surface area (Å²) in [6.07, 6.45) is 1.80. The third kappa shape index (κ3) is 3.38. The lowest BCUT2D eigenvalue weighted by Gasteiger charge is -2.35. The Kier molecular flexibility index (Phi) is 5.13. The molecule has 0 atom stereocenters. The van der Waals surface area contributed by atoms with Crippen LogP contribution >= 0.6 is 0 Å². The second-order valence-corrected chi connectivity index (χ2v) is 7.47. The van der Waals surface area contributed by atoms with Gasteiger partial charge in [0, 0.05) is 31.2 Å². The average Bonchev–Trinajstić information content (AvgIpc) is 3.02. The van der Waals surface area contributed by atoms with Crippen LogP contribution in [0.1, 0.15) is 59.1 Å². The van der Waals surface area contributed by atoms with Crippen LogP contribution in [0.25, 0.3) is 0 Å². The molecule has 1 saturated carbocycles. The Morgan fingerprint density at radius 3 is 2.54 bits per heavy atom. The van der Waals surface area contributed by atoms with Crippen LogP contribution in [-0.4, -0.2) is 55.5 Å². The van der Waals surface area contributed by atoms with Crippen molar-refractivity contribution in [3.8, 4) is 0 Å². The van der Waals surface area contributed by atoms with Crippen LogP contribution < -0.4 is 5.32 Å². The maximum Gasteiger partial charge on any atom is 0.255 e. The summed E-state index contributed by atoms with van der Waals surface area (Å²) in [5.74, 6) is 2.32. The van der Waals surface area contributed by atoms with E-state index in [0.717, 1.165) is 49.0 Å². The number of carbonyl (C=O) groups is 1. The first-order valence-electron chi connectivity index (χ1n) is 9.19. The van der Waals surface area contributed by atoms with Crippen molar-refractivity contribution in [1.29, 1.82) is 0 Å². The molecular formula is C18H29N7O. The number of aryl methyl sites for hydroxylation is 2. The zero-order valence-corrected chi connectivity index (χ0v) is 16.6. The van der Waals surface area contributed by atoms with Gasteiger partial charge in [-0.2, -0.15) is 5.10 Å². The zero-order chi connectivity index (χ0) is 19.0. The Bertz CT molecular complexity index is 799. The summed E-state index contributed by atoms with van der Waals surface area (Å²) in [7, 11) is 6.06. The predicted octanol–water partition coefficient (Wildman–Crippen LogP) is 1.39. The molecule has 2 heterocycles. The lowest BCUT2D eigenvalue weighted by atomic mass is 9.79. The normalized spacial score (nSPS) is 19.7. The minimum atomic E-state index is -0.0191. The predicted molar refractivity (Wildman–Crippen MR) is 99.0 cm³/mol.